The minimum absolute atomic E-state index is 0.224. The van der Waals surface area contributed by atoms with Gasteiger partial charge in [0.1, 0.15) is 16.2 Å². The third kappa shape index (κ3) is 2.66. The Morgan fingerprint density at radius 3 is 2.53 bits per heavy atom. The van der Waals surface area contributed by atoms with Gasteiger partial charge in [0.25, 0.3) is 0 Å². The largest absolute Gasteiger partial charge is 0.424 e. The lowest BCUT2D eigenvalue weighted by atomic mass is 10.1. The van der Waals surface area contributed by atoms with Gasteiger partial charge in [0, 0.05) is 6.07 Å². The molecular formula is C14H10BrN3O. The first-order valence-electron chi connectivity index (χ1n) is 5.67. The highest BCUT2D eigenvalue weighted by Gasteiger charge is 2.04. The van der Waals surface area contributed by atoms with E-state index in [1.165, 1.54) is 0 Å². The number of nitrogens with two attached hydrogens (primary N) is 1. The van der Waals surface area contributed by atoms with Crippen LogP contribution in [0.1, 0.15) is 0 Å². The van der Waals surface area contributed by atoms with Crippen LogP contribution >= 0.6 is 15.9 Å². The van der Waals surface area contributed by atoms with Gasteiger partial charge in [0.05, 0.1) is 0 Å². The molecule has 4 nitrogen and oxygen atoms in total. The molecule has 0 unspecified atom stereocenters. The maximum atomic E-state index is 5.64. The molecule has 0 atom stereocenters. The van der Waals surface area contributed by atoms with E-state index in [-0.39, 0.29) is 6.01 Å². The van der Waals surface area contributed by atoms with Crippen molar-refractivity contribution >= 4 is 32.5 Å². The van der Waals surface area contributed by atoms with E-state index >= 15 is 0 Å². The SMILES string of the molecule is Nc1cc(Br)nc(Oc2ccc3ccccc3c2)n1. The fourth-order valence-electron chi connectivity index (χ4n) is 1.80. The lowest BCUT2D eigenvalue weighted by Gasteiger charge is -2.06. The van der Waals surface area contributed by atoms with Gasteiger partial charge in [-0.15, -0.1) is 0 Å². The van der Waals surface area contributed by atoms with Gasteiger partial charge in [-0.05, 0) is 38.8 Å². The Bertz CT molecular complexity index is 725. The van der Waals surface area contributed by atoms with Crippen molar-refractivity contribution in [2.45, 2.75) is 0 Å². The van der Waals surface area contributed by atoms with E-state index in [0.717, 1.165) is 10.8 Å². The molecule has 0 aliphatic heterocycles. The number of rotatable bonds is 2. The van der Waals surface area contributed by atoms with Gasteiger partial charge in [-0.1, -0.05) is 30.3 Å². The number of halogens is 1. The summed E-state index contributed by atoms with van der Waals surface area (Å²) < 4.78 is 6.21. The predicted octanol–water partition coefficient (Wildman–Crippen LogP) is 3.77. The van der Waals surface area contributed by atoms with Gasteiger partial charge in [-0.25, -0.2) is 0 Å². The highest BCUT2D eigenvalue weighted by molar-refractivity contribution is 9.10. The number of fused-ring (bicyclic) bond motifs is 1. The number of anilines is 1. The van der Waals surface area contributed by atoms with Crippen molar-refractivity contribution in [1.29, 1.82) is 0 Å². The standard InChI is InChI=1S/C14H10BrN3O/c15-12-8-13(16)18-14(17-12)19-11-6-5-9-3-1-2-4-10(9)7-11/h1-8H,(H2,16,17,18). The van der Waals surface area contributed by atoms with E-state index in [1.54, 1.807) is 6.07 Å². The van der Waals surface area contributed by atoms with Crippen molar-refractivity contribution in [3.63, 3.8) is 0 Å². The zero-order valence-corrected chi connectivity index (χ0v) is 11.5. The number of aromatic nitrogens is 2. The molecule has 1 aromatic heterocycles. The molecule has 0 saturated carbocycles. The highest BCUT2D eigenvalue weighted by atomic mass is 79.9. The average molecular weight is 316 g/mol. The fraction of sp³-hybridized carbons (Fsp3) is 0. The van der Waals surface area contributed by atoms with E-state index in [9.17, 15) is 0 Å². The van der Waals surface area contributed by atoms with E-state index in [0.29, 0.717) is 16.2 Å². The summed E-state index contributed by atoms with van der Waals surface area (Å²) in [7, 11) is 0. The second kappa shape index (κ2) is 4.85. The second-order valence-electron chi connectivity index (χ2n) is 4.01. The van der Waals surface area contributed by atoms with Gasteiger partial charge < -0.3 is 10.5 Å². The zero-order valence-electron chi connectivity index (χ0n) is 9.88. The Morgan fingerprint density at radius 2 is 1.74 bits per heavy atom. The highest BCUT2D eigenvalue weighted by Crippen LogP contribution is 2.25. The molecular weight excluding hydrogens is 306 g/mol. The number of nitrogens with zero attached hydrogens (tertiary/aromatic N) is 2. The summed E-state index contributed by atoms with van der Waals surface area (Å²) in [6.45, 7) is 0. The monoisotopic (exact) mass is 315 g/mol. The van der Waals surface area contributed by atoms with Crippen molar-refractivity contribution in [3.05, 3.63) is 53.1 Å². The third-order valence-electron chi connectivity index (χ3n) is 2.62. The number of benzene rings is 2. The molecule has 0 aliphatic rings. The molecule has 5 heteroatoms. The normalized spacial score (nSPS) is 10.6. The van der Waals surface area contributed by atoms with Crippen LogP contribution in [0.15, 0.2) is 53.1 Å². The van der Waals surface area contributed by atoms with Gasteiger partial charge in [-0.3, -0.25) is 0 Å². The maximum absolute atomic E-state index is 5.64. The zero-order chi connectivity index (χ0) is 13.2. The number of ether oxygens (including phenoxy) is 1. The van der Waals surface area contributed by atoms with Crippen LogP contribution in [0.25, 0.3) is 10.8 Å². The van der Waals surface area contributed by atoms with Crippen LogP contribution in [0.3, 0.4) is 0 Å². The summed E-state index contributed by atoms with van der Waals surface area (Å²) in [5.41, 5.74) is 5.64. The Morgan fingerprint density at radius 1 is 0.947 bits per heavy atom. The van der Waals surface area contributed by atoms with Gasteiger partial charge >= 0.3 is 6.01 Å². The quantitative estimate of drug-likeness (QED) is 0.731. The average Bonchev–Trinajstić information content (AvgIpc) is 2.37. The molecule has 1 heterocycles. The molecule has 3 rings (SSSR count). The van der Waals surface area contributed by atoms with Gasteiger partial charge in [0.2, 0.25) is 0 Å². The van der Waals surface area contributed by atoms with E-state index in [4.69, 9.17) is 10.5 Å². The minimum atomic E-state index is 0.224. The van der Waals surface area contributed by atoms with Gasteiger partial charge in [-0.2, -0.15) is 9.97 Å². The lowest BCUT2D eigenvalue weighted by Crippen LogP contribution is -1.96. The first kappa shape index (κ1) is 11.9. The molecule has 0 saturated heterocycles. The Labute approximate surface area is 118 Å². The predicted molar refractivity (Wildman–Crippen MR) is 78.2 cm³/mol. The fourth-order valence-corrected chi connectivity index (χ4v) is 2.18. The lowest BCUT2D eigenvalue weighted by molar-refractivity contribution is 0.442. The number of nitrogen functional groups attached to an aromatic ring is 1. The van der Waals surface area contributed by atoms with E-state index in [2.05, 4.69) is 25.9 Å². The van der Waals surface area contributed by atoms with Crippen LogP contribution in [0.4, 0.5) is 5.82 Å². The van der Waals surface area contributed by atoms with Crippen molar-refractivity contribution in [2.75, 3.05) is 5.73 Å². The molecule has 0 fully saturated rings. The van der Waals surface area contributed by atoms with Crippen molar-refractivity contribution in [1.82, 2.24) is 9.97 Å². The van der Waals surface area contributed by atoms with E-state index < -0.39 is 0 Å². The topological polar surface area (TPSA) is 61.0 Å². The molecule has 0 amide bonds. The van der Waals surface area contributed by atoms with Crippen LogP contribution in [-0.4, -0.2) is 9.97 Å². The molecule has 0 radical (unpaired) electrons. The third-order valence-corrected chi connectivity index (χ3v) is 3.03. The van der Waals surface area contributed by atoms with Crippen LogP contribution in [-0.2, 0) is 0 Å². The smallest absolute Gasteiger partial charge is 0.325 e. The number of hydrogen-bond acceptors (Lipinski definition) is 4. The maximum Gasteiger partial charge on any atom is 0.325 e. The van der Waals surface area contributed by atoms with Crippen LogP contribution in [0, 0.1) is 0 Å². The van der Waals surface area contributed by atoms with Crippen molar-refractivity contribution in [2.24, 2.45) is 0 Å². The van der Waals surface area contributed by atoms with Crippen LogP contribution in [0.5, 0.6) is 11.8 Å². The minimum Gasteiger partial charge on any atom is -0.424 e. The number of hydrogen-bond donors (Lipinski definition) is 1. The molecule has 0 spiro atoms. The molecule has 3 aromatic rings. The molecule has 0 aliphatic carbocycles. The first-order chi connectivity index (χ1) is 9.20. The van der Waals surface area contributed by atoms with Crippen molar-refractivity contribution < 1.29 is 4.74 Å². The summed E-state index contributed by atoms with van der Waals surface area (Å²) in [6.07, 6.45) is 0. The van der Waals surface area contributed by atoms with Crippen LogP contribution < -0.4 is 10.5 Å². The Kier molecular flexibility index (Phi) is 3.05. The summed E-state index contributed by atoms with van der Waals surface area (Å²) in [5, 5.41) is 2.26. The summed E-state index contributed by atoms with van der Waals surface area (Å²) in [4.78, 5) is 8.14. The Hall–Kier alpha value is -2.14. The first-order valence-corrected chi connectivity index (χ1v) is 6.47. The molecule has 19 heavy (non-hydrogen) atoms. The summed E-state index contributed by atoms with van der Waals surface area (Å²) >= 11 is 3.25. The van der Waals surface area contributed by atoms with Crippen molar-refractivity contribution in [3.8, 4) is 11.8 Å². The van der Waals surface area contributed by atoms with E-state index in [1.807, 2.05) is 42.5 Å². The molecule has 0 bridgehead atoms. The van der Waals surface area contributed by atoms with Crippen LogP contribution in [0.2, 0.25) is 0 Å². The second-order valence-corrected chi connectivity index (χ2v) is 4.82. The van der Waals surface area contributed by atoms with Gasteiger partial charge in [0.15, 0.2) is 0 Å². The summed E-state index contributed by atoms with van der Waals surface area (Å²) in [5.74, 6) is 1.04. The molecule has 94 valence electrons. The molecule has 2 N–H and O–H groups in total. The Balaban J connectivity index is 1.96. The molecule has 2 aromatic carbocycles. The summed E-state index contributed by atoms with van der Waals surface area (Å²) in [6, 6.07) is 15.7.